The van der Waals surface area contributed by atoms with Gasteiger partial charge in [-0.15, -0.1) is 0 Å². The topological polar surface area (TPSA) is 49.4 Å². The number of aryl methyl sites for hydroxylation is 1. The summed E-state index contributed by atoms with van der Waals surface area (Å²) in [4.78, 5) is 27.9. The number of hydrogen-bond acceptors (Lipinski definition) is 2. The van der Waals surface area contributed by atoms with Crippen molar-refractivity contribution in [3.63, 3.8) is 0 Å². The molecule has 0 aromatic heterocycles. The predicted octanol–water partition coefficient (Wildman–Crippen LogP) is 5.44. The molecule has 3 rings (SSSR count). The third-order valence-corrected chi connectivity index (χ3v) is 5.40. The summed E-state index contributed by atoms with van der Waals surface area (Å²) in [6.45, 7) is 4.56. The molecule has 0 heterocycles. The molecule has 1 unspecified atom stereocenters. The molecular weight excluding hydrogens is 408 g/mol. The minimum Gasteiger partial charge on any atom is -0.350 e. The molecular formula is C26H27ClN2O2. The second-order valence-corrected chi connectivity index (χ2v) is 7.95. The molecule has 0 radical (unpaired) electrons. The number of nitrogens with one attached hydrogen (secondary N) is 1. The van der Waals surface area contributed by atoms with Crippen LogP contribution in [0.4, 0.5) is 0 Å². The molecule has 0 saturated carbocycles. The zero-order valence-electron chi connectivity index (χ0n) is 17.8. The van der Waals surface area contributed by atoms with Gasteiger partial charge in [0.05, 0.1) is 0 Å². The predicted molar refractivity (Wildman–Crippen MR) is 125 cm³/mol. The average Bonchev–Trinajstić information content (AvgIpc) is 2.79. The van der Waals surface area contributed by atoms with Crippen molar-refractivity contribution in [2.24, 2.45) is 0 Å². The van der Waals surface area contributed by atoms with Gasteiger partial charge in [-0.05, 0) is 35.7 Å². The maximum absolute atomic E-state index is 13.4. The molecule has 160 valence electrons. The normalized spacial score (nSPS) is 11.6. The number of halogens is 1. The fourth-order valence-corrected chi connectivity index (χ4v) is 3.54. The van der Waals surface area contributed by atoms with E-state index in [2.05, 4.69) is 5.32 Å². The van der Waals surface area contributed by atoms with E-state index in [0.29, 0.717) is 24.5 Å². The maximum Gasteiger partial charge on any atom is 0.247 e. The molecule has 0 fully saturated rings. The van der Waals surface area contributed by atoms with Crippen molar-refractivity contribution in [1.82, 2.24) is 10.2 Å². The molecule has 0 aliphatic carbocycles. The third kappa shape index (κ3) is 6.19. The van der Waals surface area contributed by atoms with Gasteiger partial charge in [0.2, 0.25) is 11.8 Å². The van der Waals surface area contributed by atoms with Crippen LogP contribution in [0.25, 0.3) is 0 Å². The summed E-state index contributed by atoms with van der Waals surface area (Å²) in [6, 6.07) is 24.1. The fourth-order valence-electron chi connectivity index (χ4n) is 3.41. The van der Waals surface area contributed by atoms with Gasteiger partial charge in [0.1, 0.15) is 6.04 Å². The Balaban J connectivity index is 1.88. The van der Waals surface area contributed by atoms with Crippen LogP contribution < -0.4 is 5.32 Å². The van der Waals surface area contributed by atoms with Crippen LogP contribution in [0.3, 0.4) is 0 Å². The van der Waals surface area contributed by atoms with Gasteiger partial charge in [0.15, 0.2) is 0 Å². The third-order valence-electron chi connectivity index (χ3n) is 5.15. The van der Waals surface area contributed by atoms with E-state index in [-0.39, 0.29) is 11.8 Å². The average molecular weight is 435 g/mol. The number of carbonyl (C=O) groups excluding carboxylic acids is 2. The smallest absolute Gasteiger partial charge is 0.247 e. The Hall–Kier alpha value is -3.11. The lowest BCUT2D eigenvalue weighted by molar-refractivity contribution is -0.141. The molecule has 5 heteroatoms. The lowest BCUT2D eigenvalue weighted by Gasteiger charge is -2.31. The largest absolute Gasteiger partial charge is 0.350 e. The highest BCUT2D eigenvalue weighted by Gasteiger charge is 2.30. The highest BCUT2D eigenvalue weighted by Crippen LogP contribution is 2.25. The summed E-state index contributed by atoms with van der Waals surface area (Å²) in [7, 11) is 0. The van der Waals surface area contributed by atoms with Crippen LogP contribution >= 0.6 is 11.6 Å². The van der Waals surface area contributed by atoms with Gasteiger partial charge in [-0.3, -0.25) is 9.59 Å². The van der Waals surface area contributed by atoms with Crippen LogP contribution in [-0.2, 0) is 22.7 Å². The van der Waals surface area contributed by atoms with E-state index in [1.807, 2.05) is 80.6 Å². The Morgan fingerprint density at radius 1 is 0.903 bits per heavy atom. The van der Waals surface area contributed by atoms with Crippen molar-refractivity contribution in [2.75, 3.05) is 0 Å². The van der Waals surface area contributed by atoms with Crippen LogP contribution in [0.1, 0.15) is 41.6 Å². The summed E-state index contributed by atoms with van der Waals surface area (Å²) in [5.41, 5.74) is 3.87. The van der Waals surface area contributed by atoms with Gasteiger partial charge in [-0.1, -0.05) is 90.8 Å². The molecule has 0 bridgehead atoms. The van der Waals surface area contributed by atoms with Crippen LogP contribution in [-0.4, -0.2) is 16.7 Å². The second kappa shape index (κ2) is 10.8. The monoisotopic (exact) mass is 434 g/mol. The molecule has 1 atom stereocenters. The lowest BCUT2D eigenvalue weighted by Crippen LogP contribution is -2.43. The van der Waals surface area contributed by atoms with Crippen molar-refractivity contribution >= 4 is 23.4 Å². The Bertz CT molecular complexity index is 1000. The second-order valence-electron chi connectivity index (χ2n) is 7.52. The van der Waals surface area contributed by atoms with Crippen LogP contribution in [0.5, 0.6) is 0 Å². The first-order chi connectivity index (χ1) is 15.0. The molecule has 3 aromatic carbocycles. The fraction of sp³-hybridized carbons (Fsp3) is 0.231. The van der Waals surface area contributed by atoms with Gasteiger partial charge in [0, 0.05) is 24.5 Å². The van der Waals surface area contributed by atoms with Crippen molar-refractivity contribution < 1.29 is 9.59 Å². The van der Waals surface area contributed by atoms with Gasteiger partial charge in [-0.25, -0.2) is 0 Å². The Morgan fingerprint density at radius 2 is 1.52 bits per heavy atom. The Kier molecular flexibility index (Phi) is 7.85. The van der Waals surface area contributed by atoms with Crippen LogP contribution in [0.2, 0.25) is 5.02 Å². The lowest BCUT2D eigenvalue weighted by atomic mass is 10.0. The van der Waals surface area contributed by atoms with Crippen molar-refractivity contribution in [3.8, 4) is 0 Å². The summed E-state index contributed by atoms with van der Waals surface area (Å²) in [6.07, 6.45) is 0.308. The number of benzene rings is 3. The molecule has 0 spiro atoms. The van der Waals surface area contributed by atoms with E-state index >= 15 is 0 Å². The summed E-state index contributed by atoms with van der Waals surface area (Å²) in [5.74, 6) is -0.295. The molecule has 0 aliphatic rings. The van der Waals surface area contributed by atoms with Crippen molar-refractivity contribution in [2.45, 2.75) is 39.4 Å². The van der Waals surface area contributed by atoms with E-state index in [4.69, 9.17) is 11.6 Å². The first-order valence-electron chi connectivity index (χ1n) is 10.4. The van der Waals surface area contributed by atoms with E-state index in [1.54, 1.807) is 17.0 Å². The zero-order chi connectivity index (χ0) is 22.2. The van der Waals surface area contributed by atoms with Crippen molar-refractivity contribution in [3.05, 3.63) is 106 Å². The van der Waals surface area contributed by atoms with Gasteiger partial charge >= 0.3 is 0 Å². The molecule has 1 N–H and O–H groups in total. The zero-order valence-corrected chi connectivity index (χ0v) is 18.6. The number of carbonyl (C=O) groups is 2. The van der Waals surface area contributed by atoms with E-state index < -0.39 is 6.04 Å². The Labute approximate surface area is 188 Å². The number of rotatable bonds is 8. The molecule has 31 heavy (non-hydrogen) atoms. The first kappa shape index (κ1) is 22.6. The van der Waals surface area contributed by atoms with Gasteiger partial charge in [0.25, 0.3) is 0 Å². The van der Waals surface area contributed by atoms with Crippen LogP contribution in [0.15, 0.2) is 78.9 Å². The minimum absolute atomic E-state index is 0.0886. The van der Waals surface area contributed by atoms with E-state index in [0.717, 1.165) is 16.7 Å². The standard InChI is InChI=1S/C26H27ClN2O2/c1-3-24(30)29(18-21-13-15-23(27)16-14-21)25(22-7-5-4-6-8-22)26(31)28-17-20-11-9-19(2)10-12-20/h4-16,25H,3,17-18H2,1-2H3,(H,28,31). The molecule has 0 saturated heterocycles. The number of amides is 2. The number of nitrogens with zero attached hydrogens (tertiary/aromatic N) is 1. The highest BCUT2D eigenvalue weighted by molar-refractivity contribution is 6.30. The summed E-state index contributed by atoms with van der Waals surface area (Å²) in [5, 5.41) is 3.65. The highest BCUT2D eigenvalue weighted by atomic mass is 35.5. The van der Waals surface area contributed by atoms with Gasteiger partial charge in [-0.2, -0.15) is 0 Å². The Morgan fingerprint density at radius 3 is 2.13 bits per heavy atom. The van der Waals surface area contributed by atoms with Gasteiger partial charge < -0.3 is 10.2 Å². The van der Waals surface area contributed by atoms with Crippen LogP contribution in [0, 0.1) is 6.92 Å². The number of hydrogen-bond donors (Lipinski definition) is 1. The molecule has 4 nitrogen and oxygen atoms in total. The van der Waals surface area contributed by atoms with Crippen molar-refractivity contribution in [1.29, 1.82) is 0 Å². The summed E-state index contributed by atoms with van der Waals surface area (Å²) < 4.78 is 0. The SMILES string of the molecule is CCC(=O)N(Cc1ccc(Cl)cc1)C(C(=O)NCc1ccc(C)cc1)c1ccccc1. The molecule has 3 aromatic rings. The summed E-state index contributed by atoms with van der Waals surface area (Å²) >= 11 is 6.01. The minimum atomic E-state index is -0.727. The maximum atomic E-state index is 13.4. The molecule has 0 aliphatic heterocycles. The molecule has 2 amide bonds. The first-order valence-corrected chi connectivity index (χ1v) is 10.8. The quantitative estimate of drug-likeness (QED) is 0.512. The van der Waals surface area contributed by atoms with E-state index in [9.17, 15) is 9.59 Å². The van der Waals surface area contributed by atoms with E-state index in [1.165, 1.54) is 5.56 Å².